The second-order valence-corrected chi connectivity index (χ2v) is 8.55. The molecule has 2 amide bonds. The molecule has 0 aliphatic heterocycles. The summed E-state index contributed by atoms with van der Waals surface area (Å²) in [6.45, 7) is 1.94. The molecule has 5 heteroatoms. The monoisotopic (exact) mass is 355 g/mol. The molecule has 0 radical (unpaired) electrons. The first-order chi connectivity index (χ1) is 12.5. The third kappa shape index (κ3) is 3.25. The average molecular weight is 355 g/mol. The maximum Gasteiger partial charge on any atom is 0.251 e. The molecule has 4 N–H and O–H groups in total. The number of carbonyl (C=O) groups excluding carboxylic acids is 2. The van der Waals surface area contributed by atoms with Crippen molar-refractivity contribution in [3.05, 3.63) is 29.3 Å². The largest absolute Gasteiger partial charge is 0.349 e. The molecule has 1 aromatic carbocycles. The molecule has 4 rings (SSSR count). The molecule has 3 aliphatic rings. The van der Waals surface area contributed by atoms with Gasteiger partial charge in [0.2, 0.25) is 5.91 Å². The zero-order valence-electron chi connectivity index (χ0n) is 15.5. The number of benzene rings is 1. The molecule has 1 aromatic rings. The molecule has 26 heavy (non-hydrogen) atoms. The topological polar surface area (TPSA) is 84.2 Å². The van der Waals surface area contributed by atoms with Gasteiger partial charge in [-0.1, -0.05) is 19.3 Å². The van der Waals surface area contributed by atoms with E-state index in [2.05, 4.69) is 10.6 Å². The van der Waals surface area contributed by atoms with Crippen molar-refractivity contribution in [2.24, 2.45) is 17.1 Å². The lowest BCUT2D eigenvalue weighted by Gasteiger charge is -2.23. The molecule has 0 unspecified atom stereocenters. The van der Waals surface area contributed by atoms with Crippen LogP contribution < -0.4 is 16.4 Å². The van der Waals surface area contributed by atoms with Crippen LogP contribution in [0.3, 0.4) is 0 Å². The van der Waals surface area contributed by atoms with Crippen LogP contribution in [-0.2, 0) is 4.79 Å². The summed E-state index contributed by atoms with van der Waals surface area (Å²) in [6, 6.07) is 5.99. The van der Waals surface area contributed by atoms with Crippen LogP contribution in [-0.4, -0.2) is 23.9 Å². The van der Waals surface area contributed by atoms with Gasteiger partial charge in [-0.25, -0.2) is 0 Å². The lowest BCUT2D eigenvalue weighted by atomic mass is 9.95. The summed E-state index contributed by atoms with van der Waals surface area (Å²) in [4.78, 5) is 25.2. The fourth-order valence-electron chi connectivity index (χ4n) is 4.93. The highest BCUT2D eigenvalue weighted by Gasteiger charge is 2.64. The number of fused-ring (bicyclic) bond motifs is 1. The number of hydrogen-bond donors (Lipinski definition) is 3. The third-order valence-electron chi connectivity index (χ3n) is 6.58. The van der Waals surface area contributed by atoms with Crippen molar-refractivity contribution < 1.29 is 9.59 Å². The van der Waals surface area contributed by atoms with Crippen molar-refractivity contribution in [2.75, 3.05) is 5.32 Å². The van der Waals surface area contributed by atoms with Crippen LogP contribution >= 0.6 is 0 Å². The first-order valence-electron chi connectivity index (χ1n) is 9.96. The molecule has 0 spiro atoms. The fraction of sp³-hybridized carbons (Fsp3) is 0.619. The normalized spacial score (nSPS) is 30.5. The van der Waals surface area contributed by atoms with Crippen molar-refractivity contribution in [1.29, 1.82) is 0 Å². The van der Waals surface area contributed by atoms with Gasteiger partial charge in [0.05, 0.1) is 5.41 Å². The Morgan fingerprint density at radius 2 is 1.92 bits per heavy atom. The zero-order valence-corrected chi connectivity index (χ0v) is 15.5. The van der Waals surface area contributed by atoms with Crippen LogP contribution in [0.5, 0.6) is 0 Å². The van der Waals surface area contributed by atoms with E-state index in [0.717, 1.165) is 43.4 Å². The summed E-state index contributed by atoms with van der Waals surface area (Å²) in [7, 11) is 0. The number of aryl methyl sites for hydroxylation is 1. The Labute approximate surface area is 155 Å². The quantitative estimate of drug-likeness (QED) is 0.776. The number of nitrogens with one attached hydrogen (secondary N) is 2. The number of rotatable bonds is 4. The smallest absolute Gasteiger partial charge is 0.251 e. The lowest BCUT2D eigenvalue weighted by molar-refractivity contribution is -0.121. The molecule has 0 saturated heterocycles. The van der Waals surface area contributed by atoms with Crippen molar-refractivity contribution in [1.82, 2.24) is 5.32 Å². The maximum atomic E-state index is 12.7. The molecule has 3 saturated carbocycles. The Kier molecular flexibility index (Phi) is 4.51. The third-order valence-corrected chi connectivity index (χ3v) is 6.58. The highest BCUT2D eigenvalue weighted by atomic mass is 16.2. The van der Waals surface area contributed by atoms with Crippen molar-refractivity contribution >= 4 is 17.5 Å². The highest BCUT2D eigenvalue weighted by molar-refractivity contribution is 6.00. The van der Waals surface area contributed by atoms with Crippen LogP contribution in [0.1, 0.15) is 67.3 Å². The van der Waals surface area contributed by atoms with E-state index < -0.39 is 0 Å². The predicted molar refractivity (Wildman–Crippen MR) is 102 cm³/mol. The van der Waals surface area contributed by atoms with Crippen molar-refractivity contribution in [2.45, 2.75) is 70.4 Å². The molecular weight excluding hydrogens is 326 g/mol. The van der Waals surface area contributed by atoms with Crippen molar-refractivity contribution in [3.63, 3.8) is 0 Å². The molecule has 0 bridgehead atoms. The minimum Gasteiger partial charge on any atom is -0.349 e. The Morgan fingerprint density at radius 3 is 2.58 bits per heavy atom. The molecule has 5 nitrogen and oxygen atoms in total. The van der Waals surface area contributed by atoms with E-state index in [4.69, 9.17) is 5.73 Å². The van der Waals surface area contributed by atoms with Gasteiger partial charge in [-0.05, 0) is 68.7 Å². The van der Waals surface area contributed by atoms with Gasteiger partial charge in [0, 0.05) is 23.3 Å². The summed E-state index contributed by atoms with van der Waals surface area (Å²) in [5.41, 5.74) is 8.16. The second kappa shape index (κ2) is 6.69. The second-order valence-electron chi connectivity index (χ2n) is 8.55. The summed E-state index contributed by atoms with van der Waals surface area (Å²) >= 11 is 0. The maximum absolute atomic E-state index is 12.7. The molecular formula is C21H29N3O2. The number of hydrogen-bond acceptors (Lipinski definition) is 3. The standard InChI is InChI=1S/C21H29N3O2/c1-13-9-14(19(25)23-17-5-3-2-4-6-17)7-8-18(13)24-20(26)21-11-15(21)10-16(22)12-21/h7-9,15-17H,2-6,10-12,22H2,1H3,(H,23,25)(H,24,26)/t15-,16+,21+/m1/s1. The first-order valence-corrected chi connectivity index (χ1v) is 9.96. The fourth-order valence-corrected chi connectivity index (χ4v) is 4.93. The van der Waals surface area contributed by atoms with Gasteiger partial charge in [-0.3, -0.25) is 9.59 Å². The van der Waals surface area contributed by atoms with Crippen LogP contribution in [0.4, 0.5) is 5.69 Å². The SMILES string of the molecule is Cc1cc(C(=O)NC2CCCCC2)ccc1NC(=O)[C@@]12C[C@@H](N)C[C@@H]1C2. The Hall–Kier alpha value is -1.88. The number of carbonyl (C=O) groups is 2. The summed E-state index contributed by atoms with van der Waals surface area (Å²) < 4.78 is 0. The minimum absolute atomic E-state index is 0.0134. The van der Waals surface area contributed by atoms with Crippen LogP contribution in [0.2, 0.25) is 0 Å². The number of amides is 2. The molecule has 3 atom stereocenters. The zero-order chi connectivity index (χ0) is 18.3. The molecule has 3 aliphatic carbocycles. The summed E-state index contributed by atoms with van der Waals surface area (Å²) in [5.74, 6) is 0.539. The van der Waals surface area contributed by atoms with Gasteiger partial charge in [-0.15, -0.1) is 0 Å². The van der Waals surface area contributed by atoms with E-state index in [0.29, 0.717) is 17.5 Å². The van der Waals surface area contributed by atoms with Crippen LogP contribution in [0.15, 0.2) is 18.2 Å². The molecule has 0 aromatic heterocycles. The summed E-state index contributed by atoms with van der Waals surface area (Å²) in [5, 5.41) is 6.22. The molecule has 140 valence electrons. The van der Waals surface area contributed by atoms with E-state index >= 15 is 0 Å². The van der Waals surface area contributed by atoms with E-state index in [-0.39, 0.29) is 23.3 Å². The lowest BCUT2D eigenvalue weighted by Crippen LogP contribution is -2.36. The highest BCUT2D eigenvalue weighted by Crippen LogP contribution is 2.63. The predicted octanol–water partition coefficient (Wildman–Crippen LogP) is 3.12. The van der Waals surface area contributed by atoms with Gasteiger partial charge in [-0.2, -0.15) is 0 Å². The van der Waals surface area contributed by atoms with Crippen LogP contribution in [0, 0.1) is 18.3 Å². The first kappa shape index (κ1) is 17.5. The number of anilines is 1. The van der Waals surface area contributed by atoms with Gasteiger partial charge in [0.15, 0.2) is 0 Å². The Balaban J connectivity index is 1.40. The van der Waals surface area contributed by atoms with E-state index in [9.17, 15) is 9.59 Å². The van der Waals surface area contributed by atoms with Gasteiger partial charge in [0.25, 0.3) is 5.91 Å². The minimum atomic E-state index is -0.233. The molecule has 3 fully saturated rings. The van der Waals surface area contributed by atoms with Gasteiger partial charge < -0.3 is 16.4 Å². The van der Waals surface area contributed by atoms with Crippen molar-refractivity contribution in [3.8, 4) is 0 Å². The van der Waals surface area contributed by atoms with E-state index in [1.165, 1.54) is 19.3 Å². The Bertz CT molecular complexity index is 726. The Morgan fingerprint density at radius 1 is 1.15 bits per heavy atom. The van der Waals surface area contributed by atoms with E-state index in [1.54, 1.807) is 0 Å². The average Bonchev–Trinajstić information content (AvgIpc) is 3.20. The van der Waals surface area contributed by atoms with Gasteiger partial charge in [0.1, 0.15) is 0 Å². The summed E-state index contributed by atoms with van der Waals surface area (Å²) in [6.07, 6.45) is 8.54. The van der Waals surface area contributed by atoms with Gasteiger partial charge >= 0.3 is 0 Å². The van der Waals surface area contributed by atoms with Crippen LogP contribution in [0.25, 0.3) is 0 Å². The van der Waals surface area contributed by atoms with E-state index in [1.807, 2.05) is 25.1 Å². The molecule has 0 heterocycles. The number of nitrogens with two attached hydrogens (primary N) is 1.